The van der Waals surface area contributed by atoms with E-state index in [1.165, 1.54) is 25.7 Å². The number of amidine groups is 1. The summed E-state index contributed by atoms with van der Waals surface area (Å²) in [4.78, 5) is 4.62. The van der Waals surface area contributed by atoms with Crippen LogP contribution >= 0.6 is 0 Å². The Bertz CT molecular complexity index is 348. The molecular formula is C15H26N2O. The zero-order valence-corrected chi connectivity index (χ0v) is 11.4. The summed E-state index contributed by atoms with van der Waals surface area (Å²) in [7, 11) is 0. The third kappa shape index (κ3) is 1.78. The van der Waals surface area contributed by atoms with Crippen molar-refractivity contribution in [1.82, 2.24) is 0 Å². The van der Waals surface area contributed by atoms with E-state index < -0.39 is 5.60 Å². The van der Waals surface area contributed by atoms with Crippen molar-refractivity contribution in [1.29, 1.82) is 0 Å². The number of rotatable bonds is 1. The Labute approximate surface area is 110 Å². The first-order chi connectivity index (χ1) is 8.62. The van der Waals surface area contributed by atoms with Crippen LogP contribution in [0.1, 0.15) is 58.3 Å². The van der Waals surface area contributed by atoms with Crippen molar-refractivity contribution in [2.75, 3.05) is 0 Å². The van der Waals surface area contributed by atoms with Crippen LogP contribution in [-0.2, 0) is 0 Å². The van der Waals surface area contributed by atoms with Gasteiger partial charge in [-0.1, -0.05) is 26.2 Å². The molecule has 3 rings (SSSR count). The molecule has 4 atom stereocenters. The molecule has 0 saturated heterocycles. The van der Waals surface area contributed by atoms with Crippen LogP contribution < -0.4 is 5.73 Å². The van der Waals surface area contributed by atoms with E-state index in [0.717, 1.165) is 25.7 Å². The third-order valence-corrected chi connectivity index (χ3v) is 5.58. The molecule has 0 aromatic rings. The van der Waals surface area contributed by atoms with Crippen molar-refractivity contribution in [2.45, 2.75) is 69.9 Å². The quantitative estimate of drug-likeness (QED) is 0.751. The summed E-state index contributed by atoms with van der Waals surface area (Å²) in [6, 6.07) is 0.299. The van der Waals surface area contributed by atoms with Gasteiger partial charge in [-0.15, -0.1) is 0 Å². The first-order valence-electron chi connectivity index (χ1n) is 7.68. The van der Waals surface area contributed by atoms with Crippen LogP contribution in [0.2, 0.25) is 0 Å². The van der Waals surface area contributed by atoms with Gasteiger partial charge in [-0.2, -0.15) is 0 Å². The molecule has 102 valence electrons. The Morgan fingerprint density at radius 1 is 1.17 bits per heavy atom. The summed E-state index contributed by atoms with van der Waals surface area (Å²) < 4.78 is 0. The lowest BCUT2D eigenvalue weighted by Gasteiger charge is -2.43. The number of hydrogen-bond donors (Lipinski definition) is 2. The monoisotopic (exact) mass is 250 g/mol. The van der Waals surface area contributed by atoms with Gasteiger partial charge in [0.1, 0.15) is 11.4 Å². The van der Waals surface area contributed by atoms with Gasteiger partial charge in [-0.3, -0.25) is 4.99 Å². The number of fused-ring (bicyclic) bond motifs is 1. The molecule has 4 unspecified atom stereocenters. The van der Waals surface area contributed by atoms with Gasteiger partial charge in [0.2, 0.25) is 0 Å². The van der Waals surface area contributed by atoms with Crippen LogP contribution in [-0.4, -0.2) is 22.6 Å². The lowest BCUT2D eigenvalue weighted by molar-refractivity contribution is -0.0360. The topological polar surface area (TPSA) is 58.6 Å². The summed E-state index contributed by atoms with van der Waals surface area (Å²) in [5.74, 6) is 1.92. The Kier molecular flexibility index (Phi) is 3.13. The Hall–Kier alpha value is -0.570. The van der Waals surface area contributed by atoms with Gasteiger partial charge in [0.15, 0.2) is 0 Å². The van der Waals surface area contributed by atoms with Gasteiger partial charge in [-0.25, -0.2) is 0 Å². The molecule has 1 aliphatic heterocycles. The number of aliphatic imine (C=N–C) groups is 1. The highest BCUT2D eigenvalue weighted by atomic mass is 16.3. The molecule has 2 saturated carbocycles. The summed E-state index contributed by atoms with van der Waals surface area (Å²) in [6.07, 6.45) is 9.51. The molecule has 3 nitrogen and oxygen atoms in total. The zero-order valence-electron chi connectivity index (χ0n) is 11.4. The molecule has 3 N–H and O–H groups in total. The molecule has 3 aliphatic rings. The van der Waals surface area contributed by atoms with Gasteiger partial charge in [0.25, 0.3) is 0 Å². The Morgan fingerprint density at radius 2 is 1.89 bits per heavy atom. The van der Waals surface area contributed by atoms with E-state index in [-0.39, 0.29) is 0 Å². The lowest BCUT2D eigenvalue weighted by Crippen LogP contribution is -2.55. The van der Waals surface area contributed by atoms with Gasteiger partial charge in [-0.05, 0) is 43.9 Å². The van der Waals surface area contributed by atoms with Crippen LogP contribution in [0.3, 0.4) is 0 Å². The molecule has 0 spiro atoms. The molecule has 0 aromatic carbocycles. The summed E-state index contributed by atoms with van der Waals surface area (Å²) in [6.45, 7) is 2.30. The maximum Gasteiger partial charge on any atom is 0.129 e. The predicted molar refractivity (Wildman–Crippen MR) is 73.4 cm³/mol. The van der Waals surface area contributed by atoms with E-state index in [4.69, 9.17) is 5.73 Å². The minimum Gasteiger partial charge on any atom is -0.385 e. The molecule has 2 fully saturated rings. The largest absolute Gasteiger partial charge is 0.385 e. The highest BCUT2D eigenvalue weighted by Gasteiger charge is 2.55. The predicted octanol–water partition coefficient (Wildman–Crippen LogP) is 2.47. The Morgan fingerprint density at radius 3 is 2.61 bits per heavy atom. The summed E-state index contributed by atoms with van der Waals surface area (Å²) >= 11 is 0. The number of aliphatic hydroxyl groups is 1. The maximum atomic E-state index is 11.2. The highest BCUT2D eigenvalue weighted by Crippen LogP contribution is 2.48. The van der Waals surface area contributed by atoms with Crippen molar-refractivity contribution >= 4 is 5.84 Å². The van der Waals surface area contributed by atoms with Gasteiger partial charge < -0.3 is 10.8 Å². The van der Waals surface area contributed by atoms with Crippen molar-refractivity contribution in [3.05, 3.63) is 0 Å². The average molecular weight is 250 g/mol. The summed E-state index contributed by atoms with van der Waals surface area (Å²) in [5, 5.41) is 11.2. The number of nitrogens with zero attached hydrogens (tertiary/aromatic N) is 1. The molecule has 0 amide bonds. The van der Waals surface area contributed by atoms with Crippen LogP contribution in [0.25, 0.3) is 0 Å². The zero-order chi connectivity index (χ0) is 12.8. The smallest absolute Gasteiger partial charge is 0.129 e. The van der Waals surface area contributed by atoms with E-state index in [2.05, 4.69) is 11.9 Å². The van der Waals surface area contributed by atoms with Gasteiger partial charge in [0, 0.05) is 5.92 Å². The SMILES string of the molecule is CC1CCC2N=C(N)C(O)(C3CCCCC3)C2C1. The van der Waals surface area contributed by atoms with E-state index in [1.807, 2.05) is 0 Å². The normalized spacial score (nSPS) is 45.7. The molecule has 1 heterocycles. The first kappa shape index (κ1) is 12.5. The molecule has 2 aliphatic carbocycles. The summed E-state index contributed by atoms with van der Waals surface area (Å²) in [5.41, 5.74) is 5.37. The highest BCUT2D eigenvalue weighted by molar-refractivity contribution is 5.91. The van der Waals surface area contributed by atoms with Crippen molar-refractivity contribution < 1.29 is 5.11 Å². The van der Waals surface area contributed by atoms with Crippen LogP contribution in [0.4, 0.5) is 0 Å². The van der Waals surface area contributed by atoms with E-state index >= 15 is 0 Å². The van der Waals surface area contributed by atoms with Gasteiger partial charge >= 0.3 is 0 Å². The van der Waals surface area contributed by atoms with Gasteiger partial charge in [0.05, 0.1) is 6.04 Å². The van der Waals surface area contributed by atoms with Crippen LogP contribution in [0.5, 0.6) is 0 Å². The average Bonchev–Trinajstić information content (AvgIpc) is 2.64. The molecule has 0 bridgehead atoms. The molecule has 0 aromatic heterocycles. The lowest BCUT2D eigenvalue weighted by atomic mass is 9.64. The molecular weight excluding hydrogens is 224 g/mol. The third-order valence-electron chi connectivity index (χ3n) is 5.58. The van der Waals surface area contributed by atoms with Crippen molar-refractivity contribution in [3.8, 4) is 0 Å². The molecule has 18 heavy (non-hydrogen) atoms. The number of nitrogens with two attached hydrogens (primary N) is 1. The Balaban J connectivity index is 1.86. The second-order valence-electron chi connectivity index (χ2n) is 6.77. The standard InChI is InChI=1S/C15H26N2O/c1-10-7-8-13-12(9-10)15(18,14(16)17-13)11-5-3-2-4-6-11/h10-13,18H,2-9H2,1H3,(H2,16,17). The van der Waals surface area contributed by atoms with Crippen molar-refractivity contribution in [3.63, 3.8) is 0 Å². The maximum absolute atomic E-state index is 11.2. The molecule has 0 radical (unpaired) electrons. The minimum atomic E-state index is -0.778. The fourth-order valence-corrected chi connectivity index (χ4v) is 4.52. The van der Waals surface area contributed by atoms with Crippen LogP contribution in [0, 0.1) is 17.8 Å². The fraction of sp³-hybridized carbons (Fsp3) is 0.933. The van der Waals surface area contributed by atoms with E-state index in [9.17, 15) is 5.11 Å². The minimum absolute atomic E-state index is 0.296. The van der Waals surface area contributed by atoms with E-state index in [1.54, 1.807) is 0 Å². The molecule has 3 heteroatoms. The second kappa shape index (κ2) is 4.52. The van der Waals surface area contributed by atoms with Crippen molar-refractivity contribution in [2.24, 2.45) is 28.5 Å². The van der Waals surface area contributed by atoms with Crippen LogP contribution in [0.15, 0.2) is 4.99 Å². The van der Waals surface area contributed by atoms with E-state index in [0.29, 0.717) is 29.6 Å². The number of hydrogen-bond acceptors (Lipinski definition) is 3. The second-order valence-corrected chi connectivity index (χ2v) is 6.77. The fourth-order valence-electron chi connectivity index (χ4n) is 4.52. The first-order valence-corrected chi connectivity index (χ1v) is 7.68.